The Hall–Kier alpha value is -0.930. The number of hydrogen-bond acceptors (Lipinski definition) is 3. The van der Waals surface area contributed by atoms with E-state index in [-0.39, 0.29) is 12.1 Å². The molecule has 2 unspecified atom stereocenters. The molecule has 1 fully saturated rings. The molecule has 1 aromatic heterocycles. The zero-order chi connectivity index (χ0) is 9.26. The number of aliphatic hydroxyl groups excluding tert-OH is 1. The first-order valence-electron chi connectivity index (χ1n) is 4.58. The quantitative estimate of drug-likeness (QED) is 0.691. The first-order valence-corrected chi connectivity index (χ1v) is 4.58. The van der Waals surface area contributed by atoms with Gasteiger partial charge in [0.25, 0.3) is 0 Å². The molecule has 0 amide bonds. The second-order valence-corrected chi connectivity index (χ2v) is 3.54. The largest absolute Gasteiger partial charge is 0.391 e. The van der Waals surface area contributed by atoms with Crippen LogP contribution in [0.25, 0.3) is 0 Å². The monoisotopic (exact) mass is 178 g/mol. The fourth-order valence-corrected chi connectivity index (χ4v) is 1.90. The molecule has 2 rings (SSSR count). The van der Waals surface area contributed by atoms with E-state index in [0.717, 1.165) is 18.7 Å². The molecule has 70 valence electrons. The van der Waals surface area contributed by atoms with Crippen molar-refractivity contribution in [3.05, 3.63) is 30.1 Å². The SMILES string of the molecule is CN1CCC(O)C1c1ccccn1. The number of likely N-dealkylation sites (tertiary alicyclic amines) is 1. The minimum absolute atomic E-state index is 0.0844. The van der Waals surface area contributed by atoms with Gasteiger partial charge in [0.2, 0.25) is 0 Å². The van der Waals surface area contributed by atoms with Crippen LogP contribution in [0.15, 0.2) is 24.4 Å². The summed E-state index contributed by atoms with van der Waals surface area (Å²) in [5.41, 5.74) is 0.968. The Kier molecular flexibility index (Phi) is 2.29. The number of aromatic nitrogens is 1. The van der Waals surface area contributed by atoms with Gasteiger partial charge in [0.1, 0.15) is 0 Å². The Morgan fingerprint density at radius 3 is 2.92 bits per heavy atom. The van der Waals surface area contributed by atoms with E-state index >= 15 is 0 Å². The number of nitrogens with zero attached hydrogens (tertiary/aromatic N) is 2. The maximum absolute atomic E-state index is 9.73. The van der Waals surface area contributed by atoms with Crippen molar-refractivity contribution >= 4 is 0 Å². The molecule has 3 heteroatoms. The topological polar surface area (TPSA) is 36.4 Å². The van der Waals surface area contributed by atoms with Crippen molar-refractivity contribution < 1.29 is 5.11 Å². The molecule has 13 heavy (non-hydrogen) atoms. The standard InChI is InChI=1S/C10H14N2O/c1-12-7-5-9(13)10(12)8-4-2-3-6-11-8/h2-4,6,9-10,13H,5,7H2,1H3. The first-order chi connectivity index (χ1) is 6.29. The van der Waals surface area contributed by atoms with Crippen LogP contribution in [0.3, 0.4) is 0 Å². The smallest absolute Gasteiger partial charge is 0.0781 e. The minimum atomic E-state index is -0.264. The van der Waals surface area contributed by atoms with Gasteiger partial charge >= 0.3 is 0 Å². The highest BCUT2D eigenvalue weighted by molar-refractivity contribution is 5.12. The molecule has 0 aliphatic carbocycles. The van der Waals surface area contributed by atoms with E-state index in [1.807, 2.05) is 25.2 Å². The molecule has 1 aliphatic rings. The minimum Gasteiger partial charge on any atom is -0.391 e. The molecule has 2 atom stereocenters. The molecule has 1 N–H and O–H groups in total. The molecular formula is C10H14N2O. The van der Waals surface area contributed by atoms with Gasteiger partial charge in [-0.3, -0.25) is 9.88 Å². The third-order valence-corrected chi connectivity index (χ3v) is 2.61. The zero-order valence-corrected chi connectivity index (χ0v) is 7.72. The molecule has 0 aromatic carbocycles. The van der Waals surface area contributed by atoms with E-state index in [2.05, 4.69) is 9.88 Å². The van der Waals surface area contributed by atoms with Gasteiger partial charge in [-0.15, -0.1) is 0 Å². The van der Waals surface area contributed by atoms with E-state index < -0.39 is 0 Å². The Morgan fingerprint density at radius 2 is 2.38 bits per heavy atom. The van der Waals surface area contributed by atoms with Crippen molar-refractivity contribution in [3.8, 4) is 0 Å². The molecule has 3 nitrogen and oxygen atoms in total. The summed E-state index contributed by atoms with van der Waals surface area (Å²) in [6, 6.07) is 5.91. The van der Waals surface area contributed by atoms with E-state index in [1.54, 1.807) is 6.20 Å². The second kappa shape index (κ2) is 3.44. The Bertz CT molecular complexity index is 266. The third kappa shape index (κ3) is 1.57. The van der Waals surface area contributed by atoms with Gasteiger partial charge in [-0.05, 0) is 25.6 Å². The van der Waals surface area contributed by atoms with Crippen LogP contribution >= 0.6 is 0 Å². The van der Waals surface area contributed by atoms with Crippen LogP contribution in [-0.4, -0.2) is 34.7 Å². The van der Waals surface area contributed by atoms with Crippen LogP contribution in [0.4, 0.5) is 0 Å². The van der Waals surface area contributed by atoms with E-state index in [1.165, 1.54) is 0 Å². The van der Waals surface area contributed by atoms with Crippen molar-refractivity contribution in [3.63, 3.8) is 0 Å². The van der Waals surface area contributed by atoms with Gasteiger partial charge in [-0.2, -0.15) is 0 Å². The number of hydrogen-bond donors (Lipinski definition) is 1. The number of likely N-dealkylation sites (N-methyl/N-ethyl adjacent to an activating group) is 1. The summed E-state index contributed by atoms with van der Waals surface area (Å²) >= 11 is 0. The lowest BCUT2D eigenvalue weighted by Gasteiger charge is -2.20. The van der Waals surface area contributed by atoms with Crippen LogP contribution in [0.5, 0.6) is 0 Å². The summed E-state index contributed by atoms with van der Waals surface area (Å²) in [7, 11) is 2.02. The molecule has 1 aliphatic heterocycles. The van der Waals surface area contributed by atoms with Gasteiger partial charge in [0.15, 0.2) is 0 Å². The van der Waals surface area contributed by atoms with Crippen LogP contribution < -0.4 is 0 Å². The fraction of sp³-hybridized carbons (Fsp3) is 0.500. The molecular weight excluding hydrogens is 164 g/mol. The van der Waals surface area contributed by atoms with E-state index in [9.17, 15) is 5.11 Å². The molecule has 1 saturated heterocycles. The summed E-state index contributed by atoms with van der Waals surface area (Å²) in [6.07, 6.45) is 2.35. The Balaban J connectivity index is 2.25. The Morgan fingerprint density at radius 1 is 1.54 bits per heavy atom. The normalized spacial score (nSPS) is 29.4. The van der Waals surface area contributed by atoms with Gasteiger partial charge in [0.05, 0.1) is 17.8 Å². The Labute approximate surface area is 78.0 Å². The van der Waals surface area contributed by atoms with Crippen molar-refractivity contribution in [1.29, 1.82) is 0 Å². The number of rotatable bonds is 1. The third-order valence-electron chi connectivity index (χ3n) is 2.61. The van der Waals surface area contributed by atoms with Crippen molar-refractivity contribution in [1.82, 2.24) is 9.88 Å². The van der Waals surface area contributed by atoms with Crippen molar-refractivity contribution in [2.24, 2.45) is 0 Å². The molecule has 0 bridgehead atoms. The zero-order valence-electron chi connectivity index (χ0n) is 7.72. The number of aliphatic hydroxyl groups is 1. The summed E-state index contributed by atoms with van der Waals surface area (Å²) < 4.78 is 0. The highest BCUT2D eigenvalue weighted by Crippen LogP contribution is 2.28. The summed E-state index contributed by atoms with van der Waals surface area (Å²) in [6.45, 7) is 0.947. The van der Waals surface area contributed by atoms with E-state index in [0.29, 0.717) is 0 Å². The predicted octanol–water partition coefficient (Wildman–Crippen LogP) is 0.819. The molecule has 2 heterocycles. The van der Waals surface area contributed by atoms with Gasteiger partial charge in [0, 0.05) is 12.7 Å². The predicted molar refractivity (Wildman–Crippen MR) is 50.2 cm³/mol. The van der Waals surface area contributed by atoms with Crippen LogP contribution in [0.1, 0.15) is 18.2 Å². The average Bonchev–Trinajstić information content (AvgIpc) is 2.48. The lowest BCUT2D eigenvalue weighted by molar-refractivity contribution is 0.125. The summed E-state index contributed by atoms with van der Waals surface area (Å²) in [5.74, 6) is 0. The second-order valence-electron chi connectivity index (χ2n) is 3.54. The summed E-state index contributed by atoms with van der Waals surface area (Å²) in [4.78, 5) is 6.41. The highest BCUT2D eigenvalue weighted by Gasteiger charge is 2.31. The van der Waals surface area contributed by atoms with Crippen LogP contribution in [0, 0.1) is 0 Å². The maximum atomic E-state index is 9.73. The summed E-state index contributed by atoms with van der Waals surface area (Å²) in [5, 5.41) is 9.73. The van der Waals surface area contributed by atoms with Gasteiger partial charge in [-0.25, -0.2) is 0 Å². The molecule has 1 aromatic rings. The van der Waals surface area contributed by atoms with Gasteiger partial charge < -0.3 is 5.11 Å². The van der Waals surface area contributed by atoms with Crippen LogP contribution in [-0.2, 0) is 0 Å². The lowest BCUT2D eigenvalue weighted by Crippen LogP contribution is -2.24. The molecule has 0 radical (unpaired) electrons. The average molecular weight is 178 g/mol. The van der Waals surface area contributed by atoms with Crippen molar-refractivity contribution in [2.75, 3.05) is 13.6 Å². The lowest BCUT2D eigenvalue weighted by atomic mass is 10.1. The van der Waals surface area contributed by atoms with Crippen molar-refractivity contribution in [2.45, 2.75) is 18.6 Å². The first kappa shape index (κ1) is 8.66. The maximum Gasteiger partial charge on any atom is 0.0781 e. The molecule has 0 spiro atoms. The van der Waals surface area contributed by atoms with Gasteiger partial charge in [-0.1, -0.05) is 6.07 Å². The number of pyridine rings is 1. The highest BCUT2D eigenvalue weighted by atomic mass is 16.3. The molecule has 0 saturated carbocycles. The van der Waals surface area contributed by atoms with Crippen LogP contribution in [0.2, 0.25) is 0 Å². The van der Waals surface area contributed by atoms with E-state index in [4.69, 9.17) is 0 Å². The fourth-order valence-electron chi connectivity index (χ4n) is 1.90.